The number of hydrogen-bond acceptors (Lipinski definition) is 9. The zero-order chi connectivity index (χ0) is 22.0. The van der Waals surface area contributed by atoms with Crippen LogP contribution in [0.15, 0.2) is 12.1 Å². The standard InChI is InChI=1S/C19H24N2O9/c1-9-6-10(27-2)7-11(28-3)14(9)18(25)30-16-15(24)12(8-22)29-17(16)21-5-4-13(23)20-19(21)26/h6-7,12,15-17,22,24H,4-5,8H2,1-3H3,(H,20,23,26)/t12-,15-,16-,17-/m1/s1. The van der Waals surface area contributed by atoms with Gasteiger partial charge in [-0.25, -0.2) is 9.59 Å². The van der Waals surface area contributed by atoms with Crippen LogP contribution in [-0.4, -0.2) is 84.9 Å². The van der Waals surface area contributed by atoms with Crippen LogP contribution in [0.5, 0.6) is 11.5 Å². The van der Waals surface area contributed by atoms with Crippen molar-refractivity contribution in [1.29, 1.82) is 0 Å². The van der Waals surface area contributed by atoms with E-state index in [-0.39, 0.29) is 24.3 Å². The normalized spacial score (nSPS) is 26.4. The van der Waals surface area contributed by atoms with Crippen LogP contribution in [0, 0.1) is 6.92 Å². The third-order valence-corrected chi connectivity index (χ3v) is 5.06. The average Bonchev–Trinajstić information content (AvgIpc) is 3.02. The maximum absolute atomic E-state index is 13.0. The van der Waals surface area contributed by atoms with Gasteiger partial charge in [0.05, 0.1) is 20.8 Å². The lowest BCUT2D eigenvalue weighted by Crippen LogP contribution is -2.57. The highest BCUT2D eigenvalue weighted by molar-refractivity contribution is 5.97. The number of nitrogens with zero attached hydrogens (tertiary/aromatic N) is 1. The van der Waals surface area contributed by atoms with E-state index in [0.717, 1.165) is 4.90 Å². The quantitative estimate of drug-likeness (QED) is 0.518. The maximum Gasteiger partial charge on any atom is 0.342 e. The molecule has 2 aliphatic rings. The fraction of sp³-hybridized carbons (Fsp3) is 0.526. The van der Waals surface area contributed by atoms with E-state index in [4.69, 9.17) is 18.9 Å². The molecule has 0 unspecified atom stereocenters. The van der Waals surface area contributed by atoms with Gasteiger partial charge in [-0.15, -0.1) is 0 Å². The Balaban J connectivity index is 1.88. The topological polar surface area (TPSA) is 144 Å². The van der Waals surface area contributed by atoms with E-state index in [0.29, 0.717) is 11.3 Å². The monoisotopic (exact) mass is 424 g/mol. The summed E-state index contributed by atoms with van der Waals surface area (Å²) in [5.74, 6) is -0.558. The number of urea groups is 1. The minimum Gasteiger partial charge on any atom is -0.497 e. The van der Waals surface area contributed by atoms with E-state index in [1.807, 2.05) is 0 Å². The fourth-order valence-corrected chi connectivity index (χ4v) is 3.51. The summed E-state index contributed by atoms with van der Waals surface area (Å²) in [6.07, 6.45) is -4.91. The summed E-state index contributed by atoms with van der Waals surface area (Å²) in [6.45, 7) is 1.13. The second kappa shape index (κ2) is 8.86. The lowest BCUT2D eigenvalue weighted by molar-refractivity contribution is -0.126. The van der Waals surface area contributed by atoms with Crippen molar-refractivity contribution in [3.8, 4) is 11.5 Å². The van der Waals surface area contributed by atoms with Gasteiger partial charge >= 0.3 is 12.0 Å². The van der Waals surface area contributed by atoms with E-state index in [1.165, 1.54) is 20.3 Å². The Morgan fingerprint density at radius 1 is 1.30 bits per heavy atom. The Labute approximate surface area is 172 Å². The van der Waals surface area contributed by atoms with Crippen molar-refractivity contribution in [1.82, 2.24) is 10.2 Å². The highest BCUT2D eigenvalue weighted by Gasteiger charge is 2.51. The molecular formula is C19H24N2O9. The van der Waals surface area contributed by atoms with Gasteiger partial charge in [0.25, 0.3) is 0 Å². The van der Waals surface area contributed by atoms with Crippen LogP contribution in [0.25, 0.3) is 0 Å². The van der Waals surface area contributed by atoms with Crippen LogP contribution in [-0.2, 0) is 14.3 Å². The summed E-state index contributed by atoms with van der Waals surface area (Å²) >= 11 is 0. The Bertz CT molecular complexity index is 844. The number of carbonyl (C=O) groups is 3. The summed E-state index contributed by atoms with van der Waals surface area (Å²) in [4.78, 5) is 37.7. The first-order valence-corrected chi connectivity index (χ1v) is 9.29. The van der Waals surface area contributed by atoms with E-state index in [2.05, 4.69) is 5.32 Å². The van der Waals surface area contributed by atoms with E-state index >= 15 is 0 Å². The van der Waals surface area contributed by atoms with Crippen LogP contribution in [0.1, 0.15) is 22.3 Å². The molecule has 1 aromatic rings. The first-order valence-electron chi connectivity index (χ1n) is 9.29. The number of nitrogens with one attached hydrogen (secondary N) is 1. The molecule has 0 aromatic heterocycles. The molecule has 0 spiro atoms. The van der Waals surface area contributed by atoms with Crippen molar-refractivity contribution in [2.45, 2.75) is 37.9 Å². The van der Waals surface area contributed by atoms with Crippen molar-refractivity contribution >= 4 is 17.9 Å². The molecule has 0 radical (unpaired) electrons. The molecule has 0 saturated carbocycles. The van der Waals surface area contributed by atoms with Crippen LogP contribution in [0.4, 0.5) is 4.79 Å². The lowest BCUT2D eigenvalue weighted by atomic mass is 10.1. The van der Waals surface area contributed by atoms with Crippen molar-refractivity contribution in [2.75, 3.05) is 27.4 Å². The van der Waals surface area contributed by atoms with Crippen LogP contribution >= 0.6 is 0 Å². The minimum atomic E-state index is -1.39. The van der Waals surface area contributed by atoms with Crippen molar-refractivity contribution in [3.63, 3.8) is 0 Å². The number of hydrogen-bond donors (Lipinski definition) is 3. The van der Waals surface area contributed by atoms with Gasteiger partial charge < -0.3 is 29.2 Å². The molecule has 4 atom stereocenters. The molecule has 3 amide bonds. The minimum absolute atomic E-state index is 0.0130. The SMILES string of the molecule is COc1cc(C)c(C(=O)O[C@@H]2[C@H](O)[C@@H](CO)O[C@H]2N2CCC(=O)NC2=O)c(OC)c1. The maximum atomic E-state index is 13.0. The fourth-order valence-electron chi connectivity index (χ4n) is 3.51. The zero-order valence-corrected chi connectivity index (χ0v) is 16.8. The smallest absolute Gasteiger partial charge is 0.342 e. The number of aryl methyl sites for hydroxylation is 1. The number of amides is 3. The summed E-state index contributed by atoms with van der Waals surface area (Å²) < 4.78 is 21.5. The number of benzene rings is 1. The predicted octanol–water partition coefficient (Wildman–Crippen LogP) is -0.442. The van der Waals surface area contributed by atoms with Crippen molar-refractivity contribution in [2.24, 2.45) is 0 Å². The van der Waals surface area contributed by atoms with Crippen molar-refractivity contribution < 1.29 is 43.5 Å². The first kappa shape index (κ1) is 21.8. The second-order valence-corrected chi connectivity index (χ2v) is 6.93. The number of carbonyl (C=O) groups excluding carboxylic acids is 3. The van der Waals surface area contributed by atoms with E-state index < -0.39 is 49.1 Å². The van der Waals surface area contributed by atoms with Gasteiger partial charge in [0.2, 0.25) is 5.91 Å². The molecule has 1 aromatic carbocycles. The Hall–Kier alpha value is -2.89. The average molecular weight is 424 g/mol. The molecule has 3 rings (SSSR count). The number of rotatable bonds is 6. The lowest BCUT2D eigenvalue weighted by Gasteiger charge is -2.34. The third kappa shape index (κ3) is 4.04. The Morgan fingerprint density at radius 2 is 2.03 bits per heavy atom. The van der Waals surface area contributed by atoms with Gasteiger partial charge in [-0.2, -0.15) is 0 Å². The number of aliphatic hydroxyl groups is 2. The van der Waals surface area contributed by atoms with Gasteiger partial charge in [0.15, 0.2) is 12.3 Å². The largest absolute Gasteiger partial charge is 0.497 e. The molecule has 0 aliphatic carbocycles. The van der Waals surface area contributed by atoms with Gasteiger partial charge in [0.1, 0.15) is 29.3 Å². The highest BCUT2D eigenvalue weighted by Crippen LogP contribution is 2.32. The first-order chi connectivity index (χ1) is 14.3. The Morgan fingerprint density at radius 3 is 2.63 bits per heavy atom. The molecule has 0 bridgehead atoms. The molecule has 2 fully saturated rings. The summed E-state index contributed by atoms with van der Waals surface area (Å²) in [5, 5.41) is 22.2. The molecule has 30 heavy (non-hydrogen) atoms. The number of aliphatic hydroxyl groups excluding tert-OH is 2. The van der Waals surface area contributed by atoms with Gasteiger partial charge in [-0.3, -0.25) is 15.0 Å². The van der Waals surface area contributed by atoms with Crippen LogP contribution < -0.4 is 14.8 Å². The zero-order valence-electron chi connectivity index (χ0n) is 16.8. The molecule has 2 heterocycles. The molecule has 11 nitrogen and oxygen atoms in total. The summed E-state index contributed by atoms with van der Waals surface area (Å²) in [7, 11) is 2.87. The number of methoxy groups -OCH3 is 2. The molecule has 2 aliphatic heterocycles. The molecule has 11 heteroatoms. The number of imide groups is 1. The van der Waals surface area contributed by atoms with E-state index in [1.54, 1.807) is 13.0 Å². The Kier molecular flexibility index (Phi) is 6.44. The second-order valence-electron chi connectivity index (χ2n) is 6.93. The number of esters is 1. The molecular weight excluding hydrogens is 400 g/mol. The van der Waals surface area contributed by atoms with Gasteiger partial charge in [0, 0.05) is 19.0 Å². The van der Waals surface area contributed by atoms with Crippen LogP contribution in [0.3, 0.4) is 0 Å². The van der Waals surface area contributed by atoms with Crippen molar-refractivity contribution in [3.05, 3.63) is 23.3 Å². The third-order valence-electron chi connectivity index (χ3n) is 5.06. The summed E-state index contributed by atoms with van der Waals surface area (Å²) in [5.41, 5.74) is 0.635. The van der Waals surface area contributed by atoms with E-state index in [9.17, 15) is 24.6 Å². The molecule has 2 saturated heterocycles. The number of ether oxygens (including phenoxy) is 4. The van der Waals surface area contributed by atoms with Gasteiger partial charge in [-0.1, -0.05) is 0 Å². The molecule has 164 valence electrons. The molecule has 3 N–H and O–H groups in total. The highest BCUT2D eigenvalue weighted by atomic mass is 16.6. The van der Waals surface area contributed by atoms with Crippen LogP contribution in [0.2, 0.25) is 0 Å². The van der Waals surface area contributed by atoms with Gasteiger partial charge in [-0.05, 0) is 18.6 Å². The summed E-state index contributed by atoms with van der Waals surface area (Å²) in [6, 6.07) is 2.41. The predicted molar refractivity (Wildman–Crippen MR) is 100 cm³/mol.